The number of aromatic hydroxyl groups is 1. The quantitative estimate of drug-likeness (QED) is 0.502. The van der Waals surface area contributed by atoms with Gasteiger partial charge < -0.3 is 19.0 Å². The van der Waals surface area contributed by atoms with Gasteiger partial charge in [-0.1, -0.05) is 0 Å². The van der Waals surface area contributed by atoms with E-state index in [0.717, 1.165) is 16.5 Å². The van der Waals surface area contributed by atoms with Crippen LogP contribution in [0.2, 0.25) is 0 Å². The first-order valence-corrected chi connectivity index (χ1v) is 9.91. The average molecular weight is 416 g/mol. The summed E-state index contributed by atoms with van der Waals surface area (Å²) in [7, 11) is 0. The molecule has 1 atom stereocenters. The summed E-state index contributed by atoms with van der Waals surface area (Å²) in [5.74, 6) is 1.31. The number of hydrogen-bond donors (Lipinski definition) is 1. The number of ether oxygens (including phenoxy) is 2. The Labute approximate surface area is 177 Å². The van der Waals surface area contributed by atoms with E-state index in [-0.39, 0.29) is 11.9 Å². The maximum absolute atomic E-state index is 11.5. The molecule has 1 N–H and O–H groups in total. The number of nitrogens with zero attached hydrogens (tertiary/aromatic N) is 2. The molecule has 2 aromatic heterocycles. The molecule has 3 heterocycles. The van der Waals surface area contributed by atoms with Crippen molar-refractivity contribution < 1.29 is 19.0 Å². The van der Waals surface area contributed by atoms with Crippen LogP contribution in [0.5, 0.6) is 17.4 Å². The zero-order valence-corrected chi connectivity index (χ0v) is 17.0. The van der Waals surface area contributed by atoms with Crippen LogP contribution in [-0.4, -0.2) is 26.8 Å². The van der Waals surface area contributed by atoms with Gasteiger partial charge in [0.2, 0.25) is 5.88 Å². The van der Waals surface area contributed by atoms with Crippen molar-refractivity contribution in [2.45, 2.75) is 32.0 Å². The molecule has 0 spiro atoms. The van der Waals surface area contributed by atoms with Gasteiger partial charge in [-0.2, -0.15) is 0 Å². The van der Waals surface area contributed by atoms with E-state index in [2.05, 4.69) is 9.97 Å². The first-order chi connectivity index (χ1) is 14.9. The highest BCUT2D eigenvalue weighted by atomic mass is 16.6. The van der Waals surface area contributed by atoms with Crippen LogP contribution in [0.3, 0.4) is 0 Å². The van der Waals surface area contributed by atoms with Crippen molar-refractivity contribution in [3.05, 3.63) is 76.9 Å². The second kappa shape index (κ2) is 7.12. The van der Waals surface area contributed by atoms with Gasteiger partial charge in [-0.25, -0.2) is 14.8 Å². The standard InChI is InChI=1S/C24H20N2O5/c1-24(2)21(10-16-9-15-5-8-23(28)29-19(15)12-20(16)31-24)30-22-11-18(25-13-26-22)14-3-6-17(27)7-4-14/h3-9,11-13,21,27H,10H2,1-2H3/t21-/m0/s1. The molecule has 0 radical (unpaired) electrons. The molecule has 4 aromatic rings. The predicted molar refractivity (Wildman–Crippen MR) is 114 cm³/mol. The Morgan fingerprint density at radius 3 is 2.68 bits per heavy atom. The normalized spacial score (nSPS) is 17.0. The summed E-state index contributed by atoms with van der Waals surface area (Å²) in [6, 6.07) is 15.4. The number of phenolic OH excluding ortho intramolecular Hbond substituents is 1. The van der Waals surface area contributed by atoms with Gasteiger partial charge in [0, 0.05) is 35.6 Å². The second-order valence-electron chi connectivity index (χ2n) is 8.06. The highest BCUT2D eigenvalue weighted by molar-refractivity contribution is 5.79. The van der Waals surface area contributed by atoms with Gasteiger partial charge >= 0.3 is 5.63 Å². The van der Waals surface area contributed by atoms with Gasteiger partial charge in [0.05, 0.1) is 5.69 Å². The lowest BCUT2D eigenvalue weighted by Gasteiger charge is -2.39. The van der Waals surface area contributed by atoms with Crippen LogP contribution in [0.1, 0.15) is 19.4 Å². The molecule has 1 aliphatic rings. The Morgan fingerprint density at radius 1 is 1.06 bits per heavy atom. The third kappa shape index (κ3) is 3.70. The van der Waals surface area contributed by atoms with Gasteiger partial charge in [0.1, 0.15) is 35.1 Å². The average Bonchev–Trinajstić information content (AvgIpc) is 2.73. The van der Waals surface area contributed by atoms with E-state index in [1.807, 2.05) is 19.9 Å². The Hall–Kier alpha value is -3.87. The third-order valence-corrected chi connectivity index (χ3v) is 5.42. The van der Waals surface area contributed by atoms with E-state index in [1.54, 1.807) is 42.5 Å². The summed E-state index contributed by atoms with van der Waals surface area (Å²) in [5, 5.41) is 10.3. The van der Waals surface area contributed by atoms with E-state index < -0.39 is 11.2 Å². The van der Waals surface area contributed by atoms with E-state index in [4.69, 9.17) is 13.9 Å². The van der Waals surface area contributed by atoms with Crippen molar-refractivity contribution in [2.75, 3.05) is 0 Å². The van der Waals surface area contributed by atoms with Crippen molar-refractivity contribution in [1.82, 2.24) is 9.97 Å². The Bertz CT molecular complexity index is 1330. The smallest absolute Gasteiger partial charge is 0.336 e. The summed E-state index contributed by atoms with van der Waals surface area (Å²) in [6.45, 7) is 3.90. The summed E-state index contributed by atoms with van der Waals surface area (Å²) in [4.78, 5) is 20.1. The lowest BCUT2D eigenvalue weighted by atomic mass is 9.90. The summed E-state index contributed by atoms with van der Waals surface area (Å²) in [5.41, 5.74) is 1.98. The summed E-state index contributed by atoms with van der Waals surface area (Å²) < 4.78 is 17.7. The van der Waals surface area contributed by atoms with Crippen LogP contribution < -0.4 is 15.1 Å². The minimum absolute atomic E-state index is 0.195. The maximum atomic E-state index is 11.5. The summed E-state index contributed by atoms with van der Waals surface area (Å²) in [6.07, 6.45) is 1.77. The second-order valence-corrected chi connectivity index (χ2v) is 8.06. The zero-order valence-electron chi connectivity index (χ0n) is 17.0. The molecule has 0 saturated carbocycles. The Kier molecular flexibility index (Phi) is 4.39. The highest BCUT2D eigenvalue weighted by Gasteiger charge is 2.39. The monoisotopic (exact) mass is 416 g/mol. The van der Waals surface area contributed by atoms with Crippen molar-refractivity contribution in [3.8, 4) is 28.6 Å². The molecule has 0 aliphatic carbocycles. The highest BCUT2D eigenvalue weighted by Crippen LogP contribution is 2.37. The number of rotatable bonds is 3. The first kappa shape index (κ1) is 19.1. The molecule has 31 heavy (non-hydrogen) atoms. The predicted octanol–water partition coefficient (Wildman–Crippen LogP) is 4.12. The topological polar surface area (TPSA) is 94.7 Å². The fourth-order valence-electron chi connectivity index (χ4n) is 3.72. The van der Waals surface area contributed by atoms with Crippen molar-refractivity contribution in [2.24, 2.45) is 0 Å². The van der Waals surface area contributed by atoms with Gasteiger partial charge in [-0.05, 0) is 55.8 Å². The van der Waals surface area contributed by atoms with Crippen LogP contribution >= 0.6 is 0 Å². The maximum Gasteiger partial charge on any atom is 0.336 e. The van der Waals surface area contributed by atoms with E-state index in [0.29, 0.717) is 29.3 Å². The zero-order chi connectivity index (χ0) is 21.6. The minimum Gasteiger partial charge on any atom is -0.508 e. The lowest BCUT2D eigenvalue weighted by Crippen LogP contribution is -2.49. The van der Waals surface area contributed by atoms with Gasteiger partial charge in [-0.3, -0.25) is 0 Å². The van der Waals surface area contributed by atoms with Crippen molar-refractivity contribution in [1.29, 1.82) is 0 Å². The summed E-state index contributed by atoms with van der Waals surface area (Å²) >= 11 is 0. The molecule has 0 saturated heterocycles. The molecule has 1 aliphatic heterocycles. The molecule has 7 nitrogen and oxygen atoms in total. The SMILES string of the molecule is CC1(C)Oc2cc3oc(=O)ccc3cc2C[C@@H]1Oc1cc(-c2ccc(O)cc2)ncn1. The molecular weight excluding hydrogens is 396 g/mol. The van der Waals surface area contributed by atoms with Crippen LogP contribution in [0.15, 0.2) is 70.1 Å². The van der Waals surface area contributed by atoms with Gasteiger partial charge in [0.25, 0.3) is 0 Å². The number of hydrogen-bond acceptors (Lipinski definition) is 7. The molecule has 156 valence electrons. The van der Waals surface area contributed by atoms with E-state index >= 15 is 0 Å². The number of benzene rings is 2. The van der Waals surface area contributed by atoms with Crippen molar-refractivity contribution in [3.63, 3.8) is 0 Å². The number of phenols is 1. The molecule has 0 bridgehead atoms. The largest absolute Gasteiger partial charge is 0.508 e. The number of aromatic nitrogens is 2. The third-order valence-electron chi connectivity index (χ3n) is 5.42. The van der Waals surface area contributed by atoms with Crippen LogP contribution in [0, 0.1) is 0 Å². The molecule has 0 amide bonds. The number of fused-ring (bicyclic) bond motifs is 2. The van der Waals surface area contributed by atoms with Crippen LogP contribution in [-0.2, 0) is 6.42 Å². The molecule has 7 heteroatoms. The van der Waals surface area contributed by atoms with E-state index in [9.17, 15) is 9.90 Å². The Balaban J connectivity index is 1.45. The lowest BCUT2D eigenvalue weighted by molar-refractivity contribution is -0.0287. The van der Waals surface area contributed by atoms with Crippen LogP contribution in [0.25, 0.3) is 22.2 Å². The molecule has 0 unspecified atom stereocenters. The molecule has 5 rings (SSSR count). The fraction of sp³-hybridized carbons (Fsp3) is 0.208. The Morgan fingerprint density at radius 2 is 1.87 bits per heavy atom. The molecule has 0 fully saturated rings. The minimum atomic E-state index is -0.639. The fourth-order valence-corrected chi connectivity index (χ4v) is 3.72. The van der Waals surface area contributed by atoms with Crippen LogP contribution in [0.4, 0.5) is 0 Å². The first-order valence-electron chi connectivity index (χ1n) is 9.91. The molecular formula is C24H20N2O5. The van der Waals surface area contributed by atoms with Gasteiger partial charge in [0.15, 0.2) is 0 Å². The van der Waals surface area contributed by atoms with Gasteiger partial charge in [-0.15, -0.1) is 0 Å². The molecule has 2 aromatic carbocycles. The van der Waals surface area contributed by atoms with Crippen molar-refractivity contribution >= 4 is 11.0 Å². The van der Waals surface area contributed by atoms with E-state index in [1.165, 1.54) is 12.4 Å².